The van der Waals surface area contributed by atoms with Gasteiger partial charge in [0.1, 0.15) is 0 Å². The van der Waals surface area contributed by atoms with Gasteiger partial charge in [-0.3, -0.25) is 4.79 Å². The molecule has 1 aliphatic rings. The van der Waals surface area contributed by atoms with Crippen LogP contribution < -0.4 is 5.32 Å². The van der Waals surface area contributed by atoms with Gasteiger partial charge in [0.25, 0.3) is 0 Å². The summed E-state index contributed by atoms with van der Waals surface area (Å²) in [6, 6.07) is 0.319. The third-order valence-electron chi connectivity index (χ3n) is 3.90. The van der Waals surface area contributed by atoms with E-state index in [2.05, 4.69) is 22.2 Å². The Balaban J connectivity index is 1.91. The molecule has 5 heteroatoms. The lowest BCUT2D eigenvalue weighted by molar-refractivity contribution is -0.121. The van der Waals surface area contributed by atoms with Crippen LogP contribution in [0.1, 0.15) is 43.1 Å². The molecule has 1 aromatic heterocycles. The van der Waals surface area contributed by atoms with E-state index in [1.54, 1.807) is 11.8 Å². The van der Waals surface area contributed by atoms with Crippen LogP contribution in [0.25, 0.3) is 0 Å². The second-order valence-electron chi connectivity index (χ2n) is 5.55. The summed E-state index contributed by atoms with van der Waals surface area (Å²) in [5.41, 5.74) is 3.09. The van der Waals surface area contributed by atoms with E-state index < -0.39 is 0 Å². The van der Waals surface area contributed by atoms with Gasteiger partial charge >= 0.3 is 0 Å². The first-order valence-corrected chi connectivity index (χ1v) is 8.41. The number of carbonyl (C=O) groups excluding carboxylic acids is 1. The molecule has 1 unspecified atom stereocenters. The number of thioether (sulfide) groups is 1. The van der Waals surface area contributed by atoms with Crippen molar-refractivity contribution in [2.24, 2.45) is 5.92 Å². The van der Waals surface area contributed by atoms with Crippen LogP contribution in [0.4, 0.5) is 0 Å². The van der Waals surface area contributed by atoms with E-state index >= 15 is 0 Å². The topological polar surface area (TPSA) is 54.9 Å². The third kappa shape index (κ3) is 3.95. The van der Waals surface area contributed by atoms with Gasteiger partial charge in [-0.25, -0.2) is 9.97 Å². The zero-order valence-corrected chi connectivity index (χ0v) is 13.5. The van der Waals surface area contributed by atoms with Crippen LogP contribution in [0, 0.1) is 19.8 Å². The van der Waals surface area contributed by atoms with Gasteiger partial charge in [-0.15, -0.1) is 0 Å². The lowest BCUT2D eigenvalue weighted by atomic mass is 10.1. The summed E-state index contributed by atoms with van der Waals surface area (Å²) in [4.78, 5) is 20.8. The molecule has 0 aromatic carbocycles. The number of rotatable bonds is 6. The predicted octanol–water partition coefficient (Wildman–Crippen LogP) is 2.66. The summed E-state index contributed by atoms with van der Waals surface area (Å²) in [6.45, 7) is 6.09. The maximum atomic E-state index is 11.9. The summed E-state index contributed by atoms with van der Waals surface area (Å²) >= 11 is 1.55. The smallest absolute Gasteiger partial charge is 0.220 e. The first-order valence-electron chi connectivity index (χ1n) is 7.18. The summed E-state index contributed by atoms with van der Waals surface area (Å²) in [5.74, 6) is 0.837. The van der Waals surface area contributed by atoms with Crippen LogP contribution in [0.5, 0.6) is 0 Å². The lowest BCUT2D eigenvalue weighted by Crippen LogP contribution is -2.34. The fraction of sp³-hybridized carbons (Fsp3) is 0.667. The van der Waals surface area contributed by atoms with Gasteiger partial charge < -0.3 is 5.32 Å². The molecule has 1 amide bonds. The van der Waals surface area contributed by atoms with Crippen molar-refractivity contribution in [3.8, 4) is 0 Å². The zero-order valence-electron chi connectivity index (χ0n) is 12.7. The van der Waals surface area contributed by atoms with Crippen molar-refractivity contribution < 1.29 is 4.79 Å². The minimum Gasteiger partial charge on any atom is -0.353 e. The Morgan fingerprint density at radius 1 is 1.35 bits per heavy atom. The summed E-state index contributed by atoms with van der Waals surface area (Å²) in [5, 5.41) is 3.89. The number of hydrogen-bond donors (Lipinski definition) is 1. The van der Waals surface area contributed by atoms with Gasteiger partial charge in [-0.05, 0) is 57.8 Å². The number of aromatic nitrogens is 2. The molecule has 4 nitrogen and oxygen atoms in total. The van der Waals surface area contributed by atoms with E-state index in [1.807, 2.05) is 20.1 Å². The quantitative estimate of drug-likeness (QED) is 0.647. The van der Waals surface area contributed by atoms with E-state index in [9.17, 15) is 4.79 Å². The summed E-state index contributed by atoms with van der Waals surface area (Å²) in [6.07, 6.45) is 5.71. The number of amides is 1. The fourth-order valence-corrected chi connectivity index (χ4v) is 2.90. The van der Waals surface area contributed by atoms with E-state index in [4.69, 9.17) is 0 Å². The minimum absolute atomic E-state index is 0.136. The zero-order chi connectivity index (χ0) is 14.7. The van der Waals surface area contributed by atoms with Gasteiger partial charge in [0, 0.05) is 23.9 Å². The number of nitrogens with one attached hydrogen (secondary N) is 1. The number of carbonyl (C=O) groups is 1. The van der Waals surface area contributed by atoms with Crippen LogP contribution in [0.15, 0.2) is 5.16 Å². The molecule has 0 spiro atoms. The Kier molecular flexibility index (Phi) is 5.02. The van der Waals surface area contributed by atoms with Crippen molar-refractivity contribution in [2.45, 2.75) is 57.7 Å². The summed E-state index contributed by atoms with van der Waals surface area (Å²) < 4.78 is 0. The molecule has 0 saturated heterocycles. The van der Waals surface area contributed by atoms with E-state index in [0.717, 1.165) is 28.5 Å². The molecule has 1 saturated carbocycles. The molecular weight excluding hydrogens is 270 g/mol. The second-order valence-corrected chi connectivity index (χ2v) is 6.33. The van der Waals surface area contributed by atoms with Gasteiger partial charge in [0.05, 0.1) is 0 Å². The molecule has 0 bridgehead atoms. The average Bonchev–Trinajstić information content (AvgIpc) is 3.21. The van der Waals surface area contributed by atoms with Crippen LogP contribution >= 0.6 is 11.8 Å². The van der Waals surface area contributed by atoms with Crippen molar-refractivity contribution in [3.05, 3.63) is 17.0 Å². The molecule has 0 aliphatic heterocycles. The SMILES string of the molecule is CSc1nc(C)c(CCC(=O)NC(C)C2CC2)c(C)n1. The molecule has 1 fully saturated rings. The first-order chi connectivity index (χ1) is 9.51. The Hall–Kier alpha value is -1.10. The van der Waals surface area contributed by atoms with Crippen molar-refractivity contribution in [1.82, 2.24) is 15.3 Å². The Bertz CT molecular complexity index is 477. The van der Waals surface area contributed by atoms with Gasteiger partial charge in [-0.1, -0.05) is 11.8 Å². The standard InChI is InChI=1S/C15H23N3OS/c1-9(12-5-6-12)16-14(19)8-7-13-10(2)17-15(20-4)18-11(13)3/h9,12H,5-8H2,1-4H3,(H,16,19). The normalized spacial score (nSPS) is 16.0. The Morgan fingerprint density at radius 3 is 2.45 bits per heavy atom. The highest BCUT2D eigenvalue weighted by atomic mass is 32.2. The van der Waals surface area contributed by atoms with Crippen LogP contribution in [-0.2, 0) is 11.2 Å². The van der Waals surface area contributed by atoms with E-state index in [1.165, 1.54) is 12.8 Å². The number of nitrogens with zero attached hydrogens (tertiary/aromatic N) is 2. The maximum Gasteiger partial charge on any atom is 0.220 e. The molecule has 110 valence electrons. The van der Waals surface area contributed by atoms with Crippen LogP contribution in [0.2, 0.25) is 0 Å². The monoisotopic (exact) mass is 293 g/mol. The molecule has 1 N–H and O–H groups in total. The van der Waals surface area contributed by atoms with E-state index in [0.29, 0.717) is 18.4 Å². The summed E-state index contributed by atoms with van der Waals surface area (Å²) in [7, 11) is 0. The number of hydrogen-bond acceptors (Lipinski definition) is 4. The highest BCUT2D eigenvalue weighted by Gasteiger charge is 2.28. The predicted molar refractivity (Wildman–Crippen MR) is 81.9 cm³/mol. The molecular formula is C15H23N3OS. The second kappa shape index (κ2) is 6.57. The lowest BCUT2D eigenvalue weighted by Gasteiger charge is -2.14. The van der Waals surface area contributed by atoms with Gasteiger partial charge in [0.2, 0.25) is 5.91 Å². The molecule has 1 aromatic rings. The van der Waals surface area contributed by atoms with Gasteiger partial charge in [0.15, 0.2) is 5.16 Å². The van der Waals surface area contributed by atoms with Gasteiger partial charge in [-0.2, -0.15) is 0 Å². The maximum absolute atomic E-state index is 11.9. The van der Waals surface area contributed by atoms with Crippen LogP contribution in [0.3, 0.4) is 0 Å². The van der Waals surface area contributed by atoms with Crippen molar-refractivity contribution >= 4 is 17.7 Å². The largest absolute Gasteiger partial charge is 0.353 e. The van der Waals surface area contributed by atoms with Crippen LogP contribution in [-0.4, -0.2) is 28.2 Å². The Labute approximate surface area is 125 Å². The van der Waals surface area contributed by atoms with Crippen molar-refractivity contribution in [3.63, 3.8) is 0 Å². The molecule has 20 heavy (non-hydrogen) atoms. The van der Waals surface area contributed by atoms with Crippen molar-refractivity contribution in [1.29, 1.82) is 0 Å². The first kappa shape index (κ1) is 15.3. The fourth-order valence-electron chi connectivity index (χ4n) is 2.44. The molecule has 1 heterocycles. The highest BCUT2D eigenvalue weighted by molar-refractivity contribution is 7.98. The average molecular weight is 293 g/mol. The minimum atomic E-state index is 0.136. The van der Waals surface area contributed by atoms with Crippen molar-refractivity contribution in [2.75, 3.05) is 6.26 Å². The molecule has 1 atom stereocenters. The Morgan fingerprint density at radius 2 is 1.95 bits per heavy atom. The highest BCUT2D eigenvalue weighted by Crippen LogP contribution is 2.32. The van der Waals surface area contributed by atoms with E-state index in [-0.39, 0.29) is 5.91 Å². The molecule has 2 rings (SSSR count). The molecule has 0 radical (unpaired) electrons. The number of aryl methyl sites for hydroxylation is 2. The third-order valence-corrected chi connectivity index (χ3v) is 4.45. The molecule has 1 aliphatic carbocycles.